The van der Waals surface area contributed by atoms with Crippen molar-refractivity contribution in [1.29, 1.82) is 0 Å². The van der Waals surface area contributed by atoms with Gasteiger partial charge in [-0.3, -0.25) is 4.68 Å². The van der Waals surface area contributed by atoms with Crippen LogP contribution in [0.15, 0.2) is 30.5 Å². The summed E-state index contributed by atoms with van der Waals surface area (Å²) in [6, 6.07) is 6.33. The average molecular weight is 249 g/mol. The molecule has 96 valence electrons. The quantitative estimate of drug-likeness (QED) is 0.876. The van der Waals surface area contributed by atoms with Gasteiger partial charge in [-0.25, -0.2) is 4.39 Å². The van der Waals surface area contributed by atoms with Gasteiger partial charge in [0, 0.05) is 37.5 Å². The number of benzene rings is 1. The second-order valence-electron chi connectivity index (χ2n) is 4.00. The number of ether oxygens (including phenoxy) is 1. The molecule has 2 aromatic rings. The minimum Gasteiger partial charge on any atom is -0.493 e. The Morgan fingerprint density at radius 1 is 1.39 bits per heavy atom. The van der Waals surface area contributed by atoms with E-state index in [4.69, 9.17) is 10.5 Å². The lowest BCUT2D eigenvalue weighted by atomic mass is 10.2. The predicted octanol–water partition coefficient (Wildman–Crippen LogP) is 1.64. The van der Waals surface area contributed by atoms with Gasteiger partial charge in [-0.2, -0.15) is 5.10 Å². The van der Waals surface area contributed by atoms with Gasteiger partial charge in [-0.15, -0.1) is 0 Å². The highest BCUT2D eigenvalue weighted by Gasteiger charge is 2.05. The number of hydrogen-bond donors (Lipinski definition) is 1. The van der Waals surface area contributed by atoms with Crippen molar-refractivity contribution in [2.75, 3.05) is 6.61 Å². The van der Waals surface area contributed by atoms with Crippen LogP contribution in [-0.2, 0) is 20.0 Å². The Morgan fingerprint density at radius 3 is 2.89 bits per heavy atom. The Kier molecular flexibility index (Phi) is 3.94. The van der Waals surface area contributed by atoms with E-state index in [1.807, 2.05) is 13.1 Å². The molecule has 0 radical (unpaired) electrons. The van der Waals surface area contributed by atoms with Gasteiger partial charge in [0.05, 0.1) is 6.61 Å². The monoisotopic (exact) mass is 249 g/mol. The molecule has 0 saturated carbocycles. The molecule has 0 aliphatic heterocycles. The smallest absolute Gasteiger partial charge is 0.123 e. The summed E-state index contributed by atoms with van der Waals surface area (Å²) >= 11 is 0. The fraction of sp³-hybridized carbons (Fsp3) is 0.308. The standard InChI is InChI=1S/C13H16FN3O/c1-17-12(4-6-16-17)5-7-18-13-3-2-11(14)8-10(13)9-15/h2-4,6,8H,5,7,9,15H2,1H3. The molecule has 0 amide bonds. The lowest BCUT2D eigenvalue weighted by molar-refractivity contribution is 0.314. The van der Waals surface area contributed by atoms with Crippen LogP contribution in [0, 0.1) is 5.82 Å². The van der Waals surface area contributed by atoms with Crippen LogP contribution in [0.2, 0.25) is 0 Å². The molecule has 0 atom stereocenters. The van der Waals surface area contributed by atoms with Crippen molar-refractivity contribution < 1.29 is 9.13 Å². The van der Waals surface area contributed by atoms with Crippen molar-refractivity contribution in [2.45, 2.75) is 13.0 Å². The van der Waals surface area contributed by atoms with E-state index >= 15 is 0 Å². The summed E-state index contributed by atoms with van der Waals surface area (Å²) in [5, 5.41) is 4.08. The van der Waals surface area contributed by atoms with E-state index in [1.165, 1.54) is 12.1 Å². The number of aryl methyl sites for hydroxylation is 1. The molecule has 1 aromatic heterocycles. The summed E-state index contributed by atoms with van der Waals surface area (Å²) in [5.74, 6) is 0.343. The van der Waals surface area contributed by atoms with Crippen LogP contribution in [0.3, 0.4) is 0 Å². The van der Waals surface area contributed by atoms with Crippen LogP contribution in [0.25, 0.3) is 0 Å². The minimum atomic E-state index is -0.297. The molecule has 1 aromatic carbocycles. The third kappa shape index (κ3) is 2.87. The van der Waals surface area contributed by atoms with Crippen molar-refractivity contribution in [1.82, 2.24) is 9.78 Å². The van der Waals surface area contributed by atoms with Crippen molar-refractivity contribution in [2.24, 2.45) is 12.8 Å². The highest BCUT2D eigenvalue weighted by atomic mass is 19.1. The van der Waals surface area contributed by atoms with Gasteiger partial charge >= 0.3 is 0 Å². The molecule has 5 heteroatoms. The third-order valence-corrected chi connectivity index (χ3v) is 2.78. The van der Waals surface area contributed by atoms with Crippen molar-refractivity contribution in [3.63, 3.8) is 0 Å². The zero-order chi connectivity index (χ0) is 13.0. The van der Waals surface area contributed by atoms with Gasteiger partial charge in [0.1, 0.15) is 11.6 Å². The molecule has 0 aliphatic carbocycles. The van der Waals surface area contributed by atoms with Crippen LogP contribution >= 0.6 is 0 Å². The molecule has 0 unspecified atom stereocenters. The van der Waals surface area contributed by atoms with Crippen molar-refractivity contribution >= 4 is 0 Å². The number of rotatable bonds is 5. The van der Waals surface area contributed by atoms with Crippen LogP contribution in [0.5, 0.6) is 5.75 Å². The lowest BCUT2D eigenvalue weighted by Gasteiger charge is -2.10. The van der Waals surface area contributed by atoms with E-state index in [2.05, 4.69) is 5.10 Å². The number of aromatic nitrogens is 2. The molecular weight excluding hydrogens is 233 g/mol. The normalized spacial score (nSPS) is 10.6. The number of halogens is 1. The molecular formula is C13H16FN3O. The fourth-order valence-corrected chi connectivity index (χ4v) is 1.76. The van der Waals surface area contributed by atoms with Gasteiger partial charge in [-0.1, -0.05) is 0 Å². The highest BCUT2D eigenvalue weighted by Crippen LogP contribution is 2.19. The molecule has 2 N–H and O–H groups in total. The Hall–Kier alpha value is -1.88. The first-order chi connectivity index (χ1) is 8.70. The maximum atomic E-state index is 13.0. The van der Waals surface area contributed by atoms with Crippen molar-refractivity contribution in [3.8, 4) is 5.75 Å². The van der Waals surface area contributed by atoms with Crippen LogP contribution in [0.4, 0.5) is 4.39 Å². The zero-order valence-electron chi connectivity index (χ0n) is 10.3. The molecule has 0 fully saturated rings. The zero-order valence-corrected chi connectivity index (χ0v) is 10.3. The minimum absolute atomic E-state index is 0.263. The Balaban J connectivity index is 1.96. The first kappa shape index (κ1) is 12.6. The summed E-state index contributed by atoms with van der Waals surface area (Å²) in [4.78, 5) is 0. The second kappa shape index (κ2) is 5.64. The molecule has 0 saturated heterocycles. The summed E-state index contributed by atoms with van der Waals surface area (Å²) in [6.45, 7) is 0.775. The summed E-state index contributed by atoms with van der Waals surface area (Å²) in [5.41, 5.74) is 7.32. The number of nitrogens with two attached hydrogens (primary N) is 1. The lowest BCUT2D eigenvalue weighted by Crippen LogP contribution is -2.08. The molecule has 0 spiro atoms. The van der Waals surface area contributed by atoms with Gasteiger partial charge in [-0.05, 0) is 24.3 Å². The van der Waals surface area contributed by atoms with E-state index in [0.717, 1.165) is 12.1 Å². The van der Waals surface area contributed by atoms with E-state index in [0.29, 0.717) is 17.9 Å². The molecule has 4 nitrogen and oxygen atoms in total. The van der Waals surface area contributed by atoms with Crippen LogP contribution < -0.4 is 10.5 Å². The molecule has 2 rings (SSSR count). The van der Waals surface area contributed by atoms with Crippen LogP contribution in [0.1, 0.15) is 11.3 Å². The van der Waals surface area contributed by atoms with E-state index < -0.39 is 0 Å². The van der Waals surface area contributed by atoms with Gasteiger partial charge in [0.25, 0.3) is 0 Å². The number of nitrogens with zero attached hydrogens (tertiary/aromatic N) is 2. The van der Waals surface area contributed by atoms with Crippen molar-refractivity contribution in [3.05, 3.63) is 47.5 Å². The molecule has 0 bridgehead atoms. The van der Waals surface area contributed by atoms with Gasteiger partial charge in [0.15, 0.2) is 0 Å². The topological polar surface area (TPSA) is 53.1 Å². The van der Waals surface area contributed by atoms with Gasteiger partial charge < -0.3 is 10.5 Å². The maximum absolute atomic E-state index is 13.0. The first-order valence-electron chi connectivity index (χ1n) is 5.79. The summed E-state index contributed by atoms with van der Waals surface area (Å²) in [6.07, 6.45) is 2.50. The van der Waals surface area contributed by atoms with E-state index in [-0.39, 0.29) is 12.4 Å². The Bertz CT molecular complexity index is 525. The Labute approximate surface area is 105 Å². The van der Waals surface area contributed by atoms with Gasteiger partial charge in [0.2, 0.25) is 0 Å². The highest BCUT2D eigenvalue weighted by molar-refractivity contribution is 5.33. The largest absolute Gasteiger partial charge is 0.493 e. The maximum Gasteiger partial charge on any atom is 0.123 e. The molecule has 0 aliphatic rings. The van der Waals surface area contributed by atoms with E-state index in [1.54, 1.807) is 16.9 Å². The third-order valence-electron chi connectivity index (χ3n) is 2.78. The molecule has 1 heterocycles. The SMILES string of the molecule is Cn1nccc1CCOc1ccc(F)cc1CN. The first-order valence-corrected chi connectivity index (χ1v) is 5.79. The Morgan fingerprint density at radius 2 is 2.22 bits per heavy atom. The number of hydrogen-bond acceptors (Lipinski definition) is 3. The van der Waals surface area contributed by atoms with Crippen LogP contribution in [-0.4, -0.2) is 16.4 Å². The average Bonchev–Trinajstić information content (AvgIpc) is 2.77. The molecule has 18 heavy (non-hydrogen) atoms. The summed E-state index contributed by atoms with van der Waals surface area (Å²) < 4.78 is 20.4. The predicted molar refractivity (Wildman–Crippen MR) is 66.7 cm³/mol. The van der Waals surface area contributed by atoms with E-state index in [9.17, 15) is 4.39 Å². The second-order valence-corrected chi connectivity index (χ2v) is 4.00. The fourth-order valence-electron chi connectivity index (χ4n) is 1.76. The summed E-state index contributed by atoms with van der Waals surface area (Å²) in [7, 11) is 1.89.